The van der Waals surface area contributed by atoms with Crippen molar-refractivity contribution in [2.75, 3.05) is 9.96 Å². The number of anilines is 2. The summed E-state index contributed by atoms with van der Waals surface area (Å²) in [6, 6.07) is 29.4. The molecule has 2 fully saturated rings. The summed E-state index contributed by atoms with van der Waals surface area (Å²) in [6.45, 7) is 0. The lowest BCUT2D eigenvalue weighted by Crippen LogP contribution is -2.37. The molecule has 4 aromatic rings. The first-order valence-electron chi connectivity index (χ1n) is 12.1. The van der Waals surface area contributed by atoms with Gasteiger partial charge in [0.1, 0.15) is 16.6 Å². The Bertz CT molecular complexity index is 1650. The zero-order chi connectivity index (χ0) is 27.1. The van der Waals surface area contributed by atoms with Crippen LogP contribution in [0.1, 0.15) is 11.6 Å². The van der Waals surface area contributed by atoms with Crippen molar-refractivity contribution in [1.82, 2.24) is 0 Å². The molecule has 2 heterocycles. The van der Waals surface area contributed by atoms with E-state index >= 15 is 0 Å². The quantitative estimate of drug-likeness (QED) is 0.219. The highest BCUT2D eigenvalue weighted by atomic mass is 79.9. The van der Waals surface area contributed by atoms with Crippen LogP contribution >= 0.6 is 15.9 Å². The van der Waals surface area contributed by atoms with Gasteiger partial charge in [-0.15, -0.1) is 0 Å². The summed E-state index contributed by atoms with van der Waals surface area (Å²) in [4.78, 5) is 34.7. The Morgan fingerprint density at radius 3 is 2.03 bits per heavy atom. The van der Waals surface area contributed by atoms with Crippen molar-refractivity contribution in [3.63, 3.8) is 0 Å². The molecule has 0 spiro atoms. The first-order valence-corrected chi connectivity index (χ1v) is 14.3. The number of para-hydroxylation sites is 2. The monoisotopic (exact) mass is 604 g/mol. The van der Waals surface area contributed by atoms with Gasteiger partial charge in [0, 0.05) is 10.0 Å². The first kappa shape index (κ1) is 25.3. The van der Waals surface area contributed by atoms with Gasteiger partial charge in [-0.1, -0.05) is 70.5 Å². The molecule has 2 saturated heterocycles. The van der Waals surface area contributed by atoms with Gasteiger partial charge in [-0.2, -0.15) is 8.42 Å². The van der Waals surface area contributed by atoms with E-state index in [-0.39, 0.29) is 10.6 Å². The van der Waals surface area contributed by atoms with Gasteiger partial charge in [-0.25, -0.2) is 9.96 Å². The lowest BCUT2D eigenvalue weighted by atomic mass is 9.90. The van der Waals surface area contributed by atoms with E-state index in [1.165, 1.54) is 23.3 Å². The normalized spacial score (nSPS) is 20.8. The predicted molar refractivity (Wildman–Crippen MR) is 147 cm³/mol. The maximum Gasteiger partial charge on any atom is 0.339 e. The molecule has 196 valence electrons. The molecule has 4 aromatic carbocycles. The number of carbonyl (C=O) groups is 2. The van der Waals surface area contributed by atoms with Crippen molar-refractivity contribution in [2.24, 2.45) is 5.92 Å². The SMILES string of the molecule is O=C1C2ON(c3ccccc3)C(c3ccccc3OS(=O)(=O)c3ccccc3)C2C(=O)N1c1ccc(Br)cc1. The van der Waals surface area contributed by atoms with Crippen LogP contribution in [0.15, 0.2) is 119 Å². The standard InChI is InChI=1S/C29H21BrN2O6S/c30-19-15-17-20(18-16-19)31-28(33)25-26(32(37-27(25)29(31)34)21-9-3-1-4-10-21)23-13-7-8-14-24(23)38-39(35,36)22-11-5-2-6-12-22/h1-18,25-27H. The molecule has 3 unspecified atom stereocenters. The van der Waals surface area contributed by atoms with Crippen molar-refractivity contribution in [2.45, 2.75) is 17.0 Å². The molecule has 0 saturated carbocycles. The summed E-state index contributed by atoms with van der Waals surface area (Å²) >= 11 is 3.37. The number of imide groups is 1. The van der Waals surface area contributed by atoms with Crippen molar-refractivity contribution in [1.29, 1.82) is 0 Å². The van der Waals surface area contributed by atoms with E-state index in [0.717, 1.165) is 9.37 Å². The minimum absolute atomic E-state index is 0.00574. The van der Waals surface area contributed by atoms with Crippen LogP contribution in [0.5, 0.6) is 5.75 Å². The first-order chi connectivity index (χ1) is 18.8. The molecule has 0 aliphatic carbocycles. The number of hydrogen-bond donors (Lipinski definition) is 0. The van der Waals surface area contributed by atoms with Crippen LogP contribution in [0.3, 0.4) is 0 Å². The fourth-order valence-electron chi connectivity index (χ4n) is 4.93. The van der Waals surface area contributed by atoms with Crippen molar-refractivity contribution in [3.8, 4) is 5.75 Å². The van der Waals surface area contributed by atoms with Gasteiger partial charge in [0.15, 0.2) is 6.10 Å². The smallest absolute Gasteiger partial charge is 0.339 e. The van der Waals surface area contributed by atoms with E-state index in [2.05, 4.69) is 15.9 Å². The summed E-state index contributed by atoms with van der Waals surface area (Å²) in [5, 5.41) is 1.50. The molecule has 0 aromatic heterocycles. The van der Waals surface area contributed by atoms with Crippen LogP contribution in [0.25, 0.3) is 0 Å². The van der Waals surface area contributed by atoms with Gasteiger partial charge in [-0.3, -0.25) is 14.4 Å². The van der Waals surface area contributed by atoms with E-state index in [0.29, 0.717) is 16.9 Å². The van der Waals surface area contributed by atoms with Gasteiger partial charge < -0.3 is 4.18 Å². The third kappa shape index (κ3) is 4.50. The second-order valence-electron chi connectivity index (χ2n) is 9.03. The highest BCUT2D eigenvalue weighted by Gasteiger charge is 2.60. The molecule has 8 nitrogen and oxygen atoms in total. The molecule has 2 aliphatic rings. The molecule has 2 amide bonds. The maximum atomic E-state index is 13.9. The number of hydroxylamine groups is 1. The Balaban J connectivity index is 1.44. The second-order valence-corrected chi connectivity index (χ2v) is 11.5. The van der Waals surface area contributed by atoms with Crippen LogP contribution in [-0.2, 0) is 24.5 Å². The number of amides is 2. The minimum atomic E-state index is -4.18. The van der Waals surface area contributed by atoms with Gasteiger partial charge in [-0.05, 0) is 54.6 Å². The van der Waals surface area contributed by atoms with Crippen molar-refractivity contribution >= 4 is 49.2 Å². The van der Waals surface area contributed by atoms with Gasteiger partial charge in [0.2, 0.25) is 5.91 Å². The average molecular weight is 605 g/mol. The van der Waals surface area contributed by atoms with Crippen molar-refractivity contribution < 1.29 is 27.0 Å². The highest BCUT2D eigenvalue weighted by Crippen LogP contribution is 2.49. The molecule has 39 heavy (non-hydrogen) atoms. The lowest BCUT2D eigenvalue weighted by Gasteiger charge is -2.29. The zero-order valence-corrected chi connectivity index (χ0v) is 22.7. The molecule has 0 N–H and O–H groups in total. The molecular weight excluding hydrogens is 584 g/mol. The van der Waals surface area contributed by atoms with E-state index in [4.69, 9.17) is 9.02 Å². The van der Waals surface area contributed by atoms with Crippen LogP contribution in [0.4, 0.5) is 11.4 Å². The molecule has 0 radical (unpaired) electrons. The Hall–Kier alpha value is -3.99. The number of rotatable bonds is 6. The molecule has 6 rings (SSSR count). The number of hydrogen-bond acceptors (Lipinski definition) is 7. The second kappa shape index (κ2) is 9.96. The van der Waals surface area contributed by atoms with E-state index in [1.54, 1.807) is 72.8 Å². The summed E-state index contributed by atoms with van der Waals surface area (Å²) < 4.78 is 32.7. The number of fused-ring (bicyclic) bond motifs is 1. The minimum Gasteiger partial charge on any atom is -0.379 e. The lowest BCUT2D eigenvalue weighted by molar-refractivity contribution is -0.126. The molecule has 3 atom stereocenters. The van der Waals surface area contributed by atoms with Gasteiger partial charge >= 0.3 is 10.1 Å². The van der Waals surface area contributed by atoms with Crippen LogP contribution in [0, 0.1) is 5.92 Å². The predicted octanol–water partition coefficient (Wildman–Crippen LogP) is 5.27. The fraction of sp³-hybridized carbons (Fsp3) is 0.103. The van der Waals surface area contributed by atoms with Crippen molar-refractivity contribution in [3.05, 3.63) is 119 Å². The Kier molecular flexibility index (Phi) is 6.46. The molecule has 10 heteroatoms. The molecule has 0 bridgehead atoms. The van der Waals surface area contributed by atoms with E-state index < -0.39 is 40.0 Å². The number of carbonyl (C=O) groups excluding carboxylic acids is 2. The molecule has 2 aliphatic heterocycles. The Morgan fingerprint density at radius 1 is 0.718 bits per heavy atom. The zero-order valence-electron chi connectivity index (χ0n) is 20.3. The van der Waals surface area contributed by atoms with Crippen LogP contribution in [-0.4, -0.2) is 26.3 Å². The fourth-order valence-corrected chi connectivity index (χ4v) is 6.17. The molecular formula is C29H21BrN2O6S. The summed E-state index contributed by atoms with van der Waals surface area (Å²) in [7, 11) is -4.18. The summed E-state index contributed by atoms with van der Waals surface area (Å²) in [6.07, 6.45) is -1.11. The average Bonchev–Trinajstić information content (AvgIpc) is 3.46. The summed E-state index contributed by atoms with van der Waals surface area (Å²) in [5.41, 5.74) is 1.42. The number of nitrogens with zero attached hydrogens (tertiary/aromatic N) is 2. The number of halogens is 1. The maximum absolute atomic E-state index is 13.9. The largest absolute Gasteiger partial charge is 0.379 e. The third-order valence-corrected chi connectivity index (χ3v) is 8.46. The highest BCUT2D eigenvalue weighted by molar-refractivity contribution is 9.10. The number of benzene rings is 4. The Morgan fingerprint density at radius 2 is 1.33 bits per heavy atom. The van der Waals surface area contributed by atoms with E-state index in [9.17, 15) is 18.0 Å². The van der Waals surface area contributed by atoms with Gasteiger partial charge in [0.25, 0.3) is 5.91 Å². The van der Waals surface area contributed by atoms with Gasteiger partial charge in [0.05, 0.1) is 17.4 Å². The summed E-state index contributed by atoms with van der Waals surface area (Å²) in [5.74, 6) is -1.85. The Labute approximate surface area is 233 Å². The van der Waals surface area contributed by atoms with E-state index in [1.807, 2.05) is 18.2 Å². The van der Waals surface area contributed by atoms with Crippen LogP contribution < -0.4 is 14.1 Å². The third-order valence-electron chi connectivity index (χ3n) is 6.68. The van der Waals surface area contributed by atoms with Crippen LogP contribution in [0.2, 0.25) is 0 Å². The topological polar surface area (TPSA) is 93.2 Å².